The largest absolute Gasteiger partial charge is 0.265 e. The van der Waals surface area contributed by atoms with Crippen LogP contribution in [0.4, 0.5) is 0 Å². The van der Waals surface area contributed by atoms with Crippen LogP contribution in [0.1, 0.15) is 12.0 Å². The van der Waals surface area contributed by atoms with Crippen LogP contribution in [-0.2, 0) is 24.3 Å². The third-order valence-corrected chi connectivity index (χ3v) is 6.02. The molecule has 0 spiro atoms. The van der Waals surface area contributed by atoms with Crippen LogP contribution in [0.2, 0.25) is 0 Å². The van der Waals surface area contributed by atoms with Gasteiger partial charge in [0.05, 0.1) is 23.3 Å². The van der Waals surface area contributed by atoms with E-state index in [0.29, 0.717) is 6.42 Å². The summed E-state index contributed by atoms with van der Waals surface area (Å²) >= 11 is 0. The lowest BCUT2D eigenvalue weighted by Crippen LogP contribution is -2.39. The van der Waals surface area contributed by atoms with Crippen molar-refractivity contribution >= 4 is 20.1 Å². The van der Waals surface area contributed by atoms with Crippen molar-refractivity contribution in [3.63, 3.8) is 0 Å². The zero-order valence-electron chi connectivity index (χ0n) is 12.5. The molecule has 1 aromatic carbocycles. The molecule has 22 heavy (non-hydrogen) atoms. The van der Waals surface area contributed by atoms with Gasteiger partial charge in [-0.3, -0.25) is 4.18 Å². The van der Waals surface area contributed by atoms with Gasteiger partial charge in [-0.15, -0.1) is 6.58 Å². The number of aryl methyl sites for hydroxylation is 1. The Labute approximate surface area is 131 Å². The van der Waals surface area contributed by atoms with Gasteiger partial charge in [0.15, 0.2) is 0 Å². The minimum atomic E-state index is -3.72. The standard InChI is InChI=1S/C14H19NO5S2/c1-4-13-14(20-21(3,16)17)9-10-15(13)22(18,19)12-7-5-11(2)6-8-12/h4-8,13-14H,1,9-10H2,2-3H3. The van der Waals surface area contributed by atoms with Crippen LogP contribution in [0.3, 0.4) is 0 Å². The number of hydrogen-bond donors (Lipinski definition) is 0. The van der Waals surface area contributed by atoms with E-state index in [2.05, 4.69) is 6.58 Å². The van der Waals surface area contributed by atoms with Gasteiger partial charge in [0, 0.05) is 6.54 Å². The van der Waals surface area contributed by atoms with Crippen LogP contribution in [0.25, 0.3) is 0 Å². The van der Waals surface area contributed by atoms with Gasteiger partial charge in [-0.2, -0.15) is 12.7 Å². The summed E-state index contributed by atoms with van der Waals surface area (Å²) in [6.45, 7) is 5.67. The van der Waals surface area contributed by atoms with Crippen LogP contribution < -0.4 is 0 Å². The molecule has 2 atom stereocenters. The van der Waals surface area contributed by atoms with Crippen molar-refractivity contribution in [2.24, 2.45) is 0 Å². The van der Waals surface area contributed by atoms with E-state index in [-0.39, 0.29) is 11.4 Å². The summed E-state index contributed by atoms with van der Waals surface area (Å²) in [6.07, 6.45) is 1.92. The lowest BCUT2D eigenvalue weighted by atomic mass is 10.2. The number of rotatable bonds is 5. The quantitative estimate of drug-likeness (QED) is 0.593. The summed E-state index contributed by atoms with van der Waals surface area (Å²) in [4.78, 5) is 0.171. The van der Waals surface area contributed by atoms with Crippen LogP contribution >= 0.6 is 0 Å². The lowest BCUT2D eigenvalue weighted by molar-refractivity contribution is 0.197. The van der Waals surface area contributed by atoms with E-state index in [1.165, 1.54) is 22.5 Å². The van der Waals surface area contributed by atoms with Crippen molar-refractivity contribution < 1.29 is 21.0 Å². The van der Waals surface area contributed by atoms with E-state index >= 15 is 0 Å². The molecule has 0 radical (unpaired) electrons. The van der Waals surface area contributed by atoms with Gasteiger partial charge in [0.25, 0.3) is 10.1 Å². The summed E-state index contributed by atoms with van der Waals surface area (Å²) in [6, 6.07) is 5.80. The molecule has 6 nitrogen and oxygen atoms in total. The van der Waals surface area contributed by atoms with Gasteiger partial charge in [0.2, 0.25) is 10.0 Å². The highest BCUT2D eigenvalue weighted by Gasteiger charge is 2.42. The number of benzene rings is 1. The second-order valence-electron chi connectivity index (χ2n) is 5.28. The molecule has 2 rings (SSSR count). The molecule has 8 heteroatoms. The van der Waals surface area contributed by atoms with E-state index in [1.54, 1.807) is 12.1 Å². The van der Waals surface area contributed by atoms with E-state index in [1.807, 2.05) is 6.92 Å². The van der Waals surface area contributed by atoms with Crippen molar-refractivity contribution in [2.45, 2.75) is 30.4 Å². The minimum Gasteiger partial charge on any atom is -0.265 e. The molecular weight excluding hydrogens is 326 g/mol. The zero-order valence-corrected chi connectivity index (χ0v) is 14.1. The molecule has 1 fully saturated rings. The summed E-state index contributed by atoms with van der Waals surface area (Å²) < 4.78 is 54.2. The third-order valence-electron chi connectivity index (χ3n) is 3.51. The van der Waals surface area contributed by atoms with Gasteiger partial charge < -0.3 is 0 Å². The van der Waals surface area contributed by atoms with Crippen LogP contribution in [0.5, 0.6) is 0 Å². The van der Waals surface area contributed by atoms with E-state index in [9.17, 15) is 16.8 Å². The molecule has 0 saturated carbocycles. The fourth-order valence-electron chi connectivity index (χ4n) is 2.48. The maximum atomic E-state index is 12.7. The lowest BCUT2D eigenvalue weighted by Gasteiger charge is -2.24. The van der Waals surface area contributed by atoms with E-state index in [4.69, 9.17) is 4.18 Å². The molecule has 1 heterocycles. The molecule has 0 N–H and O–H groups in total. The molecule has 1 aromatic rings. The highest BCUT2D eigenvalue weighted by Crippen LogP contribution is 2.29. The predicted molar refractivity (Wildman–Crippen MR) is 83.4 cm³/mol. The first-order chi connectivity index (χ1) is 10.1. The summed E-state index contributed by atoms with van der Waals surface area (Å²) in [5, 5.41) is 0. The molecule has 122 valence electrons. The Kier molecular flexibility index (Phi) is 4.76. The minimum absolute atomic E-state index is 0.171. The Morgan fingerprint density at radius 1 is 1.23 bits per heavy atom. The normalized spacial score (nSPS) is 23.5. The molecule has 0 aliphatic carbocycles. The summed E-state index contributed by atoms with van der Waals surface area (Å²) in [5.74, 6) is 0. The zero-order chi connectivity index (χ0) is 16.5. The second-order valence-corrected chi connectivity index (χ2v) is 8.77. The third kappa shape index (κ3) is 3.57. The monoisotopic (exact) mass is 345 g/mol. The first kappa shape index (κ1) is 17.1. The fourth-order valence-corrected chi connectivity index (χ4v) is 4.78. The maximum Gasteiger partial charge on any atom is 0.264 e. The number of sulfonamides is 1. The maximum absolute atomic E-state index is 12.7. The molecule has 1 saturated heterocycles. The summed E-state index contributed by atoms with van der Waals surface area (Å²) in [7, 11) is -7.38. The topological polar surface area (TPSA) is 80.8 Å². The van der Waals surface area contributed by atoms with Crippen molar-refractivity contribution in [3.05, 3.63) is 42.5 Å². The van der Waals surface area contributed by atoms with Gasteiger partial charge in [-0.1, -0.05) is 23.8 Å². The molecule has 2 unspecified atom stereocenters. The Morgan fingerprint density at radius 2 is 1.82 bits per heavy atom. The van der Waals surface area contributed by atoms with Gasteiger partial charge >= 0.3 is 0 Å². The van der Waals surface area contributed by atoms with Crippen molar-refractivity contribution in [2.75, 3.05) is 12.8 Å². The average Bonchev–Trinajstić information content (AvgIpc) is 2.80. The molecular formula is C14H19NO5S2. The van der Waals surface area contributed by atoms with Crippen molar-refractivity contribution in [1.29, 1.82) is 0 Å². The van der Waals surface area contributed by atoms with E-state index < -0.39 is 32.3 Å². The van der Waals surface area contributed by atoms with Crippen molar-refractivity contribution in [3.8, 4) is 0 Å². The second kappa shape index (κ2) is 6.11. The van der Waals surface area contributed by atoms with Gasteiger partial charge in [-0.05, 0) is 25.5 Å². The predicted octanol–water partition coefficient (Wildman–Crippen LogP) is 1.29. The molecule has 0 bridgehead atoms. The average molecular weight is 345 g/mol. The Balaban J connectivity index is 2.32. The molecule has 0 amide bonds. The van der Waals surface area contributed by atoms with Crippen LogP contribution in [-0.4, -0.2) is 46.1 Å². The first-order valence-electron chi connectivity index (χ1n) is 6.74. The first-order valence-corrected chi connectivity index (χ1v) is 10.00. The highest BCUT2D eigenvalue weighted by molar-refractivity contribution is 7.89. The van der Waals surface area contributed by atoms with Gasteiger partial charge in [-0.25, -0.2) is 8.42 Å². The Hall–Kier alpha value is -1.22. The Bertz CT molecular complexity index is 753. The fraction of sp³-hybridized carbons (Fsp3) is 0.429. The number of hydrogen-bond acceptors (Lipinski definition) is 5. The molecule has 0 aromatic heterocycles. The smallest absolute Gasteiger partial charge is 0.264 e. The highest BCUT2D eigenvalue weighted by atomic mass is 32.2. The molecule has 1 aliphatic rings. The van der Waals surface area contributed by atoms with Crippen LogP contribution in [0, 0.1) is 6.92 Å². The van der Waals surface area contributed by atoms with Gasteiger partial charge in [0.1, 0.15) is 0 Å². The van der Waals surface area contributed by atoms with Crippen LogP contribution in [0.15, 0.2) is 41.8 Å². The Morgan fingerprint density at radius 3 is 2.32 bits per heavy atom. The van der Waals surface area contributed by atoms with E-state index in [0.717, 1.165) is 11.8 Å². The molecule has 1 aliphatic heterocycles. The summed E-state index contributed by atoms with van der Waals surface area (Å²) in [5.41, 5.74) is 0.957. The number of nitrogens with zero attached hydrogens (tertiary/aromatic N) is 1. The SMILES string of the molecule is C=CC1C(OS(C)(=O)=O)CCN1S(=O)(=O)c1ccc(C)cc1. The van der Waals surface area contributed by atoms with Crippen molar-refractivity contribution in [1.82, 2.24) is 4.31 Å².